The lowest BCUT2D eigenvalue weighted by Crippen LogP contribution is -2.45. The van der Waals surface area contributed by atoms with Gasteiger partial charge in [0.05, 0.1) is 18.0 Å². The van der Waals surface area contributed by atoms with E-state index in [1.165, 1.54) is 11.4 Å². The number of anilines is 3. The van der Waals surface area contributed by atoms with Crippen LogP contribution in [0.1, 0.15) is 25.6 Å². The van der Waals surface area contributed by atoms with E-state index in [4.69, 9.17) is 4.98 Å². The Morgan fingerprint density at radius 3 is 2.78 bits per heavy atom. The van der Waals surface area contributed by atoms with Gasteiger partial charge >= 0.3 is 0 Å². The van der Waals surface area contributed by atoms with Gasteiger partial charge in [0, 0.05) is 32.6 Å². The van der Waals surface area contributed by atoms with Crippen molar-refractivity contribution >= 4 is 28.4 Å². The van der Waals surface area contributed by atoms with Gasteiger partial charge in [0.15, 0.2) is 17.0 Å². The summed E-state index contributed by atoms with van der Waals surface area (Å²) < 4.78 is 2.08. The average Bonchev–Trinajstić information content (AvgIpc) is 3.29. The van der Waals surface area contributed by atoms with Crippen LogP contribution in [-0.4, -0.2) is 45.3 Å². The molecule has 0 aliphatic carbocycles. The molecule has 3 aromatic rings. The Bertz CT molecular complexity index is 972. The molecule has 27 heavy (non-hydrogen) atoms. The van der Waals surface area contributed by atoms with E-state index in [9.17, 15) is 0 Å². The minimum absolute atomic E-state index is 0.560. The highest BCUT2D eigenvalue weighted by molar-refractivity contribution is 5.84. The Hall–Kier alpha value is -2.83. The van der Waals surface area contributed by atoms with Crippen molar-refractivity contribution in [2.45, 2.75) is 32.2 Å². The molecule has 0 amide bonds. The van der Waals surface area contributed by atoms with Gasteiger partial charge < -0.3 is 19.7 Å². The van der Waals surface area contributed by atoms with Crippen LogP contribution in [0.3, 0.4) is 0 Å². The molecule has 7 nitrogen and oxygen atoms in total. The minimum Gasteiger partial charge on any atom is -0.366 e. The van der Waals surface area contributed by atoms with E-state index >= 15 is 0 Å². The fourth-order valence-corrected chi connectivity index (χ4v) is 4.42. The SMILES string of the molecule is CCc1nc2c(N3CCC(N4CNc5ccccc54)CC3)ncnc2n1C. The average molecular weight is 363 g/mol. The smallest absolute Gasteiger partial charge is 0.165 e. The Morgan fingerprint density at radius 1 is 1.15 bits per heavy atom. The molecule has 2 aromatic heterocycles. The molecule has 2 aliphatic heterocycles. The number of hydrogen-bond acceptors (Lipinski definition) is 6. The molecule has 1 N–H and O–H groups in total. The number of aromatic nitrogens is 4. The van der Waals surface area contributed by atoms with Crippen LogP contribution >= 0.6 is 0 Å². The summed E-state index contributed by atoms with van der Waals surface area (Å²) in [6.07, 6.45) is 4.81. The number of nitrogens with zero attached hydrogens (tertiary/aromatic N) is 6. The number of para-hydroxylation sites is 2. The van der Waals surface area contributed by atoms with Gasteiger partial charge in [-0.3, -0.25) is 0 Å². The predicted molar refractivity (Wildman–Crippen MR) is 108 cm³/mol. The van der Waals surface area contributed by atoms with Crippen molar-refractivity contribution in [2.24, 2.45) is 7.05 Å². The van der Waals surface area contributed by atoms with E-state index in [1.807, 2.05) is 7.05 Å². The standard InChI is InChI=1S/C20H25N7/c1-3-17-24-18-19(25(17)2)21-12-22-20(18)26-10-8-14(9-11-26)27-13-23-15-6-4-5-7-16(15)27/h4-7,12,14,23H,3,8-11,13H2,1-2H3. The fourth-order valence-electron chi connectivity index (χ4n) is 4.42. The van der Waals surface area contributed by atoms with E-state index in [0.29, 0.717) is 6.04 Å². The van der Waals surface area contributed by atoms with Crippen molar-refractivity contribution in [2.75, 3.05) is 34.9 Å². The monoisotopic (exact) mass is 363 g/mol. The summed E-state index contributed by atoms with van der Waals surface area (Å²) in [5.74, 6) is 2.04. The molecule has 0 spiro atoms. The summed E-state index contributed by atoms with van der Waals surface area (Å²) in [4.78, 5) is 18.7. The largest absolute Gasteiger partial charge is 0.366 e. The van der Waals surface area contributed by atoms with Crippen LogP contribution in [0.15, 0.2) is 30.6 Å². The third-order valence-electron chi connectivity index (χ3n) is 5.90. The van der Waals surface area contributed by atoms with Crippen molar-refractivity contribution in [3.05, 3.63) is 36.4 Å². The number of piperidine rings is 1. The van der Waals surface area contributed by atoms with Crippen LogP contribution < -0.4 is 15.1 Å². The minimum atomic E-state index is 0.560. The molecule has 0 saturated carbocycles. The molecular formula is C20H25N7. The first-order valence-electron chi connectivity index (χ1n) is 9.77. The first-order chi connectivity index (χ1) is 13.3. The number of nitrogens with one attached hydrogen (secondary N) is 1. The van der Waals surface area contributed by atoms with Gasteiger partial charge in [0.1, 0.15) is 12.2 Å². The molecule has 1 saturated heterocycles. The predicted octanol–water partition coefficient (Wildman–Crippen LogP) is 2.78. The Balaban J connectivity index is 1.36. The molecule has 1 aromatic carbocycles. The highest BCUT2D eigenvalue weighted by atomic mass is 15.3. The van der Waals surface area contributed by atoms with Crippen LogP contribution in [0, 0.1) is 0 Å². The molecule has 0 radical (unpaired) electrons. The van der Waals surface area contributed by atoms with E-state index in [0.717, 1.165) is 61.8 Å². The fraction of sp³-hybridized carbons (Fsp3) is 0.450. The third-order valence-corrected chi connectivity index (χ3v) is 5.90. The van der Waals surface area contributed by atoms with E-state index < -0.39 is 0 Å². The zero-order valence-corrected chi connectivity index (χ0v) is 15.9. The molecule has 0 bridgehead atoms. The van der Waals surface area contributed by atoms with Crippen LogP contribution in [0.5, 0.6) is 0 Å². The highest BCUT2D eigenvalue weighted by Gasteiger charge is 2.30. The molecule has 7 heteroatoms. The summed E-state index contributed by atoms with van der Waals surface area (Å²) in [6, 6.07) is 9.16. The molecule has 0 atom stereocenters. The maximum Gasteiger partial charge on any atom is 0.165 e. The topological polar surface area (TPSA) is 62.1 Å². The maximum atomic E-state index is 4.81. The molecule has 2 aliphatic rings. The maximum absolute atomic E-state index is 4.81. The first-order valence-corrected chi connectivity index (χ1v) is 9.77. The quantitative estimate of drug-likeness (QED) is 0.772. The van der Waals surface area contributed by atoms with Crippen molar-refractivity contribution in [1.29, 1.82) is 0 Å². The number of imidazole rings is 1. The van der Waals surface area contributed by atoms with E-state index in [1.54, 1.807) is 6.33 Å². The lowest BCUT2D eigenvalue weighted by atomic mass is 10.0. The second-order valence-electron chi connectivity index (χ2n) is 7.35. The van der Waals surface area contributed by atoms with Crippen molar-refractivity contribution in [1.82, 2.24) is 19.5 Å². The number of fused-ring (bicyclic) bond motifs is 2. The second-order valence-corrected chi connectivity index (χ2v) is 7.35. The van der Waals surface area contributed by atoms with Gasteiger partial charge in [-0.15, -0.1) is 0 Å². The van der Waals surface area contributed by atoms with Crippen LogP contribution in [0.2, 0.25) is 0 Å². The van der Waals surface area contributed by atoms with Crippen molar-refractivity contribution < 1.29 is 0 Å². The summed E-state index contributed by atoms with van der Waals surface area (Å²) in [5.41, 5.74) is 4.44. The van der Waals surface area contributed by atoms with Crippen LogP contribution in [-0.2, 0) is 13.5 Å². The van der Waals surface area contributed by atoms with Gasteiger partial charge in [-0.25, -0.2) is 15.0 Å². The molecule has 5 rings (SSSR count). The molecule has 140 valence electrons. The Labute approximate surface area is 159 Å². The van der Waals surface area contributed by atoms with Gasteiger partial charge in [0.25, 0.3) is 0 Å². The molecular weight excluding hydrogens is 338 g/mol. The number of benzene rings is 1. The van der Waals surface area contributed by atoms with E-state index in [-0.39, 0.29) is 0 Å². The van der Waals surface area contributed by atoms with Gasteiger partial charge in [-0.1, -0.05) is 19.1 Å². The molecule has 1 fully saturated rings. The zero-order valence-electron chi connectivity index (χ0n) is 15.9. The number of aryl methyl sites for hydroxylation is 2. The summed E-state index contributed by atoms with van der Waals surface area (Å²) >= 11 is 0. The molecule has 0 unspecified atom stereocenters. The van der Waals surface area contributed by atoms with Crippen LogP contribution in [0.4, 0.5) is 17.2 Å². The lowest BCUT2D eigenvalue weighted by molar-refractivity contribution is 0.474. The van der Waals surface area contributed by atoms with E-state index in [2.05, 4.69) is 60.8 Å². The second kappa shape index (κ2) is 6.40. The normalized spacial score (nSPS) is 17.4. The molecule has 4 heterocycles. The third kappa shape index (κ3) is 2.60. The van der Waals surface area contributed by atoms with Crippen molar-refractivity contribution in [3.63, 3.8) is 0 Å². The number of rotatable bonds is 3. The zero-order chi connectivity index (χ0) is 18.4. The number of hydrogen-bond donors (Lipinski definition) is 1. The van der Waals surface area contributed by atoms with Crippen LogP contribution in [0.25, 0.3) is 11.2 Å². The summed E-state index contributed by atoms with van der Waals surface area (Å²) in [5, 5.41) is 3.51. The highest BCUT2D eigenvalue weighted by Crippen LogP contribution is 2.35. The summed E-state index contributed by atoms with van der Waals surface area (Å²) in [7, 11) is 2.04. The lowest BCUT2D eigenvalue weighted by Gasteiger charge is -2.38. The Morgan fingerprint density at radius 2 is 1.96 bits per heavy atom. The van der Waals surface area contributed by atoms with Crippen molar-refractivity contribution in [3.8, 4) is 0 Å². The summed E-state index contributed by atoms with van der Waals surface area (Å²) in [6.45, 7) is 5.02. The Kier molecular flexibility index (Phi) is 3.88. The van der Waals surface area contributed by atoms with Gasteiger partial charge in [0.2, 0.25) is 0 Å². The van der Waals surface area contributed by atoms with Gasteiger partial charge in [-0.05, 0) is 25.0 Å². The first kappa shape index (κ1) is 16.4. The van der Waals surface area contributed by atoms with Gasteiger partial charge in [-0.2, -0.15) is 0 Å².